The summed E-state index contributed by atoms with van der Waals surface area (Å²) in [6.07, 6.45) is -13.1. The summed E-state index contributed by atoms with van der Waals surface area (Å²) in [6, 6.07) is 0. The lowest BCUT2D eigenvalue weighted by Gasteiger charge is -2.38. The predicted octanol–water partition coefficient (Wildman–Crippen LogP) is 5.48. The lowest BCUT2D eigenvalue weighted by atomic mass is 9.94. The largest absolute Gasteiger partial charge is 0.456 e. The van der Waals surface area contributed by atoms with Gasteiger partial charge in [-0.2, -0.15) is 57.1 Å². The summed E-state index contributed by atoms with van der Waals surface area (Å²) >= 11 is 0. The van der Waals surface area contributed by atoms with Gasteiger partial charge in [-0.05, 0) is 0 Å². The molecule has 0 aromatic heterocycles. The highest BCUT2D eigenvalue weighted by molar-refractivity contribution is 5.87. The van der Waals surface area contributed by atoms with Gasteiger partial charge in [0.05, 0.1) is 6.42 Å². The van der Waals surface area contributed by atoms with Crippen molar-refractivity contribution in [2.45, 2.75) is 48.6 Å². The molecule has 0 aliphatic heterocycles. The Morgan fingerprint density at radius 1 is 0.759 bits per heavy atom. The fraction of sp³-hybridized carbons (Fsp3) is 0.750. The first kappa shape index (κ1) is 27.2. The number of carbonyl (C=O) groups excluding carboxylic acids is 1. The molecule has 0 unspecified atom stereocenters. The Bertz CT molecular complexity index is 619. The first-order valence-corrected chi connectivity index (χ1v) is 6.54. The minimum atomic E-state index is -7.83. The molecular formula is C12H7F15O2. The molecule has 0 aliphatic rings. The second-order valence-corrected chi connectivity index (χ2v) is 5.32. The standard InChI is InChI=1S/C12H7F15O2/c1-4(2-8(17,18)19)5(28)29-3-7(15,16)10(22,23)12(26,27)11(24,25)9(20,21)6(13)14/h6H,1-3H2. The van der Waals surface area contributed by atoms with E-state index in [0.29, 0.717) is 0 Å². The summed E-state index contributed by atoms with van der Waals surface area (Å²) in [5.74, 6) is -39.4. The minimum absolute atomic E-state index is 1.70. The van der Waals surface area contributed by atoms with Crippen molar-refractivity contribution in [1.29, 1.82) is 0 Å². The van der Waals surface area contributed by atoms with Crippen molar-refractivity contribution in [2.75, 3.05) is 6.61 Å². The molecule has 0 rings (SSSR count). The van der Waals surface area contributed by atoms with Crippen molar-refractivity contribution in [3.05, 3.63) is 12.2 Å². The van der Waals surface area contributed by atoms with E-state index in [1.807, 2.05) is 0 Å². The Morgan fingerprint density at radius 2 is 1.17 bits per heavy atom. The Kier molecular flexibility index (Phi) is 7.28. The summed E-state index contributed by atoms with van der Waals surface area (Å²) in [5.41, 5.74) is -1.70. The first-order chi connectivity index (χ1) is 12.5. The van der Waals surface area contributed by atoms with Crippen LogP contribution in [0.3, 0.4) is 0 Å². The third kappa shape index (κ3) is 5.02. The summed E-state index contributed by atoms with van der Waals surface area (Å²) in [4.78, 5) is 10.9. The van der Waals surface area contributed by atoms with Gasteiger partial charge in [0, 0.05) is 5.57 Å². The van der Waals surface area contributed by atoms with Crippen LogP contribution in [-0.2, 0) is 9.53 Å². The van der Waals surface area contributed by atoms with Crippen LogP contribution in [0.4, 0.5) is 65.9 Å². The highest BCUT2D eigenvalue weighted by Gasteiger charge is 2.87. The van der Waals surface area contributed by atoms with Crippen LogP contribution in [-0.4, -0.2) is 54.8 Å². The number of alkyl halides is 15. The molecule has 0 amide bonds. The normalized spacial score (nSPS) is 14.9. The molecule has 0 radical (unpaired) electrons. The quantitative estimate of drug-likeness (QED) is 0.255. The van der Waals surface area contributed by atoms with Gasteiger partial charge in [-0.25, -0.2) is 13.6 Å². The Labute approximate surface area is 150 Å². The SMILES string of the molecule is C=C(CC(F)(F)F)C(=O)OCC(F)(F)C(F)(F)C(F)(F)C(F)(F)C(F)(F)C(F)F. The second-order valence-electron chi connectivity index (χ2n) is 5.32. The zero-order chi connectivity index (χ0) is 23.9. The number of carbonyl (C=O) groups is 1. The van der Waals surface area contributed by atoms with Crippen LogP contribution in [0, 0.1) is 0 Å². The summed E-state index contributed by atoms with van der Waals surface area (Å²) in [7, 11) is 0. The Hall–Kier alpha value is -1.84. The molecule has 0 saturated heterocycles. The van der Waals surface area contributed by atoms with Gasteiger partial charge in [-0.15, -0.1) is 0 Å². The maximum absolute atomic E-state index is 13.3. The zero-order valence-corrected chi connectivity index (χ0v) is 13.2. The van der Waals surface area contributed by atoms with E-state index in [9.17, 15) is 70.7 Å². The highest BCUT2D eigenvalue weighted by atomic mass is 19.4. The molecule has 2 nitrogen and oxygen atoms in total. The lowest BCUT2D eigenvalue weighted by Crippen LogP contribution is -2.69. The second kappa shape index (κ2) is 7.77. The lowest BCUT2D eigenvalue weighted by molar-refractivity contribution is -0.414. The number of halogens is 15. The molecule has 0 heterocycles. The van der Waals surface area contributed by atoms with Gasteiger partial charge in [0.15, 0.2) is 6.61 Å². The molecule has 29 heavy (non-hydrogen) atoms. The molecule has 0 aromatic rings. The van der Waals surface area contributed by atoms with Crippen molar-refractivity contribution in [2.24, 2.45) is 0 Å². The molecule has 17 heteroatoms. The van der Waals surface area contributed by atoms with Gasteiger partial charge in [0.2, 0.25) is 0 Å². The Balaban J connectivity index is 5.69. The smallest absolute Gasteiger partial charge is 0.393 e. The van der Waals surface area contributed by atoms with E-state index in [1.165, 1.54) is 0 Å². The molecule has 0 N–H and O–H groups in total. The monoisotopic (exact) mass is 468 g/mol. The molecule has 0 spiro atoms. The van der Waals surface area contributed by atoms with Gasteiger partial charge in [-0.3, -0.25) is 0 Å². The molecule has 0 aromatic carbocycles. The van der Waals surface area contributed by atoms with Gasteiger partial charge in [-0.1, -0.05) is 6.58 Å². The van der Waals surface area contributed by atoms with Crippen molar-refractivity contribution in [1.82, 2.24) is 0 Å². The molecule has 0 fully saturated rings. The van der Waals surface area contributed by atoms with Crippen LogP contribution in [0.5, 0.6) is 0 Å². The first-order valence-electron chi connectivity index (χ1n) is 6.54. The fourth-order valence-corrected chi connectivity index (χ4v) is 1.44. The van der Waals surface area contributed by atoms with Gasteiger partial charge in [0.25, 0.3) is 0 Å². The van der Waals surface area contributed by atoms with Crippen molar-refractivity contribution in [3.8, 4) is 0 Å². The maximum atomic E-state index is 13.3. The van der Waals surface area contributed by atoms with Gasteiger partial charge < -0.3 is 4.74 Å². The molecule has 0 saturated carbocycles. The van der Waals surface area contributed by atoms with E-state index in [4.69, 9.17) is 0 Å². The number of ether oxygens (including phenoxy) is 1. The maximum Gasteiger partial charge on any atom is 0.393 e. The van der Waals surface area contributed by atoms with Crippen LogP contribution in [0.2, 0.25) is 0 Å². The van der Waals surface area contributed by atoms with Crippen LogP contribution >= 0.6 is 0 Å². The van der Waals surface area contributed by atoms with Gasteiger partial charge in [0.1, 0.15) is 0 Å². The third-order valence-corrected chi connectivity index (χ3v) is 3.03. The zero-order valence-electron chi connectivity index (χ0n) is 13.2. The van der Waals surface area contributed by atoms with Crippen LogP contribution in [0.15, 0.2) is 12.2 Å². The van der Waals surface area contributed by atoms with E-state index in [1.54, 1.807) is 0 Å². The average molecular weight is 468 g/mol. The van der Waals surface area contributed by atoms with Crippen LogP contribution in [0.1, 0.15) is 6.42 Å². The van der Waals surface area contributed by atoms with E-state index >= 15 is 0 Å². The number of esters is 1. The van der Waals surface area contributed by atoms with E-state index in [2.05, 4.69) is 11.3 Å². The van der Waals surface area contributed by atoms with Crippen LogP contribution < -0.4 is 0 Å². The van der Waals surface area contributed by atoms with Crippen molar-refractivity contribution in [3.63, 3.8) is 0 Å². The Morgan fingerprint density at radius 3 is 1.52 bits per heavy atom. The van der Waals surface area contributed by atoms with E-state index in [0.717, 1.165) is 0 Å². The predicted molar refractivity (Wildman–Crippen MR) is 61.5 cm³/mol. The molecule has 0 bridgehead atoms. The summed E-state index contributed by atoms with van der Waals surface area (Å²) in [6.45, 7) is -0.939. The van der Waals surface area contributed by atoms with Gasteiger partial charge >= 0.3 is 48.2 Å². The third-order valence-electron chi connectivity index (χ3n) is 3.03. The van der Waals surface area contributed by atoms with E-state index < -0.39 is 66.8 Å². The average Bonchev–Trinajstić information content (AvgIpc) is 2.49. The molecule has 0 aliphatic carbocycles. The molecule has 172 valence electrons. The molecule has 0 atom stereocenters. The van der Waals surface area contributed by atoms with Crippen molar-refractivity contribution >= 4 is 5.97 Å². The summed E-state index contributed by atoms with van der Waals surface area (Å²) < 4.78 is 193. The molecular weight excluding hydrogens is 461 g/mol. The number of hydrogen-bond acceptors (Lipinski definition) is 2. The highest BCUT2D eigenvalue weighted by Crippen LogP contribution is 2.58. The fourth-order valence-electron chi connectivity index (χ4n) is 1.44. The topological polar surface area (TPSA) is 26.3 Å². The van der Waals surface area contributed by atoms with Crippen LogP contribution in [0.25, 0.3) is 0 Å². The number of hydrogen-bond donors (Lipinski definition) is 0. The minimum Gasteiger partial charge on any atom is -0.456 e. The number of rotatable bonds is 9. The summed E-state index contributed by atoms with van der Waals surface area (Å²) in [5, 5.41) is 0. The van der Waals surface area contributed by atoms with E-state index in [-0.39, 0.29) is 0 Å². The van der Waals surface area contributed by atoms with Crippen molar-refractivity contribution < 1.29 is 75.4 Å².